The number of rotatable bonds is 3. The van der Waals surface area contributed by atoms with Gasteiger partial charge in [0.15, 0.2) is 0 Å². The first kappa shape index (κ1) is 10.5. The lowest BCUT2D eigenvalue weighted by Crippen LogP contribution is -2.26. The second-order valence-corrected chi connectivity index (χ2v) is 6.82. The number of hydrogen-bond acceptors (Lipinski definition) is 1. The molecule has 0 bridgehead atoms. The summed E-state index contributed by atoms with van der Waals surface area (Å²) in [5, 5.41) is 2.84. The maximum atomic E-state index is 11.0. The maximum Gasteiger partial charge on any atom is 0.229 e. The van der Waals surface area contributed by atoms with E-state index in [4.69, 9.17) is 11.2 Å². The smallest absolute Gasteiger partial charge is 0.229 e. The topological polar surface area (TPSA) is 29.1 Å². The molecule has 2 atom stereocenters. The van der Waals surface area contributed by atoms with Crippen LogP contribution in [0.3, 0.4) is 0 Å². The predicted octanol–water partition coefficient (Wildman–Crippen LogP) is 2.68. The summed E-state index contributed by atoms with van der Waals surface area (Å²) in [4.78, 5) is 0. The molecule has 0 aliphatic carbocycles. The van der Waals surface area contributed by atoms with E-state index in [0.717, 1.165) is 0 Å². The van der Waals surface area contributed by atoms with E-state index in [0.29, 0.717) is 5.92 Å². The molecule has 0 aromatic heterocycles. The van der Waals surface area contributed by atoms with E-state index in [1.807, 2.05) is 6.92 Å². The lowest BCUT2D eigenvalue weighted by Gasteiger charge is -2.18. The largest absolute Gasteiger partial charge is 0.290 e. The highest BCUT2D eigenvalue weighted by Crippen LogP contribution is 2.42. The standard InChI is InChI=1S/C6H15ClNOP/c1-5(2)6(3)8-10(4,7)9/h5-6H,1-4H3,(H,8,9)/t6-,10?/m0/s1. The van der Waals surface area contributed by atoms with Crippen molar-refractivity contribution >= 4 is 17.9 Å². The van der Waals surface area contributed by atoms with Gasteiger partial charge in [0.25, 0.3) is 0 Å². The van der Waals surface area contributed by atoms with E-state index < -0.39 is 6.65 Å². The molecule has 0 aliphatic heterocycles. The van der Waals surface area contributed by atoms with Gasteiger partial charge in [0.1, 0.15) is 0 Å². The maximum absolute atomic E-state index is 11.0. The fourth-order valence-corrected chi connectivity index (χ4v) is 2.00. The van der Waals surface area contributed by atoms with E-state index >= 15 is 0 Å². The van der Waals surface area contributed by atoms with Gasteiger partial charge in [0.05, 0.1) is 0 Å². The van der Waals surface area contributed by atoms with Crippen LogP contribution in [0.5, 0.6) is 0 Å². The van der Waals surface area contributed by atoms with Crippen LogP contribution in [0.2, 0.25) is 0 Å². The van der Waals surface area contributed by atoms with Gasteiger partial charge in [0, 0.05) is 12.7 Å². The Hall–Kier alpha value is 0.480. The summed E-state index contributed by atoms with van der Waals surface area (Å²) in [6, 6.07) is 0.216. The highest BCUT2D eigenvalue weighted by molar-refractivity contribution is 7.87. The molecule has 4 heteroatoms. The van der Waals surface area contributed by atoms with Crippen molar-refractivity contribution in [1.29, 1.82) is 0 Å². The monoisotopic (exact) mass is 183 g/mol. The Kier molecular flexibility index (Phi) is 3.93. The van der Waals surface area contributed by atoms with Crippen LogP contribution < -0.4 is 5.09 Å². The zero-order valence-corrected chi connectivity index (χ0v) is 8.54. The molecule has 0 aromatic carbocycles. The molecule has 62 valence electrons. The van der Waals surface area contributed by atoms with E-state index in [-0.39, 0.29) is 6.04 Å². The third-order valence-corrected chi connectivity index (χ3v) is 2.60. The first-order valence-corrected chi connectivity index (χ1v) is 6.44. The van der Waals surface area contributed by atoms with Gasteiger partial charge in [0.2, 0.25) is 6.65 Å². The molecule has 0 heterocycles. The molecule has 0 radical (unpaired) electrons. The Morgan fingerprint density at radius 2 is 1.80 bits per heavy atom. The highest BCUT2D eigenvalue weighted by atomic mass is 35.7. The minimum atomic E-state index is -2.55. The Morgan fingerprint density at radius 3 is 1.90 bits per heavy atom. The van der Waals surface area contributed by atoms with Crippen molar-refractivity contribution in [3.05, 3.63) is 0 Å². The molecule has 1 N–H and O–H groups in total. The summed E-state index contributed by atoms with van der Waals surface area (Å²) >= 11 is 5.52. The fraction of sp³-hybridized carbons (Fsp3) is 1.00. The molecule has 2 nitrogen and oxygen atoms in total. The van der Waals surface area contributed by atoms with Gasteiger partial charge in [-0.15, -0.1) is 0 Å². The van der Waals surface area contributed by atoms with Crippen LogP contribution in [-0.2, 0) is 4.57 Å². The van der Waals surface area contributed by atoms with Crippen molar-refractivity contribution in [2.75, 3.05) is 6.66 Å². The zero-order chi connectivity index (χ0) is 8.36. The lowest BCUT2D eigenvalue weighted by molar-refractivity contribution is 0.482. The minimum absolute atomic E-state index is 0.216. The average molecular weight is 184 g/mol. The van der Waals surface area contributed by atoms with Crippen LogP contribution in [0.4, 0.5) is 0 Å². The van der Waals surface area contributed by atoms with Gasteiger partial charge >= 0.3 is 0 Å². The third kappa shape index (κ3) is 5.28. The quantitative estimate of drug-likeness (QED) is 0.682. The van der Waals surface area contributed by atoms with Crippen molar-refractivity contribution in [2.24, 2.45) is 5.92 Å². The van der Waals surface area contributed by atoms with Gasteiger partial charge in [-0.2, -0.15) is 0 Å². The van der Waals surface area contributed by atoms with Crippen LogP contribution in [0, 0.1) is 5.92 Å². The lowest BCUT2D eigenvalue weighted by atomic mass is 10.1. The van der Waals surface area contributed by atoms with Crippen molar-refractivity contribution in [2.45, 2.75) is 26.8 Å². The van der Waals surface area contributed by atoms with Crippen LogP contribution in [-0.4, -0.2) is 12.7 Å². The normalized spacial score (nSPS) is 20.6. The molecule has 0 amide bonds. The molecule has 1 unspecified atom stereocenters. The number of halogens is 1. The highest BCUT2D eigenvalue weighted by Gasteiger charge is 2.15. The first-order valence-electron chi connectivity index (χ1n) is 3.38. The molecule has 10 heavy (non-hydrogen) atoms. The van der Waals surface area contributed by atoms with Gasteiger partial charge < -0.3 is 0 Å². The number of nitrogens with one attached hydrogen (secondary N) is 1. The summed E-state index contributed by atoms with van der Waals surface area (Å²) in [5.41, 5.74) is 0. The van der Waals surface area contributed by atoms with Crippen LogP contribution in [0.25, 0.3) is 0 Å². The van der Waals surface area contributed by atoms with Crippen LogP contribution in [0.1, 0.15) is 20.8 Å². The van der Waals surface area contributed by atoms with Gasteiger partial charge in [-0.3, -0.25) is 9.65 Å². The Labute approximate surface area is 67.6 Å². The van der Waals surface area contributed by atoms with Gasteiger partial charge in [-0.1, -0.05) is 13.8 Å². The second kappa shape index (κ2) is 3.75. The molecule has 0 spiro atoms. The summed E-state index contributed by atoms with van der Waals surface area (Å²) in [7, 11) is 0. The molecule has 0 aromatic rings. The van der Waals surface area contributed by atoms with E-state index in [1.165, 1.54) is 6.66 Å². The molecule has 0 saturated carbocycles. The second-order valence-electron chi connectivity index (χ2n) is 2.98. The van der Waals surface area contributed by atoms with Gasteiger partial charge in [-0.05, 0) is 24.1 Å². The molecular weight excluding hydrogens is 168 g/mol. The first-order chi connectivity index (χ1) is 4.33. The Bertz CT molecular complexity index is 143. The Morgan fingerprint density at radius 1 is 1.40 bits per heavy atom. The minimum Gasteiger partial charge on any atom is -0.290 e. The SMILES string of the molecule is CC(C)[C@H](C)NP(C)(=O)Cl. The average Bonchev–Trinajstić information content (AvgIpc) is 1.60. The summed E-state index contributed by atoms with van der Waals surface area (Å²) in [5.74, 6) is 0.465. The number of hydrogen-bond donors (Lipinski definition) is 1. The third-order valence-electron chi connectivity index (χ3n) is 1.43. The summed E-state index contributed by atoms with van der Waals surface area (Å²) < 4.78 is 11.0. The van der Waals surface area contributed by atoms with Crippen molar-refractivity contribution < 1.29 is 4.57 Å². The van der Waals surface area contributed by atoms with Crippen LogP contribution in [0.15, 0.2) is 0 Å². The molecular formula is C6H15ClNOP. The predicted molar refractivity (Wildman–Crippen MR) is 46.8 cm³/mol. The molecule has 0 rings (SSSR count). The van der Waals surface area contributed by atoms with E-state index in [1.54, 1.807) is 0 Å². The fourth-order valence-electron chi connectivity index (χ4n) is 0.513. The van der Waals surface area contributed by atoms with Crippen LogP contribution >= 0.6 is 17.9 Å². The van der Waals surface area contributed by atoms with Gasteiger partial charge in [-0.25, -0.2) is 0 Å². The Balaban J connectivity index is 3.80. The zero-order valence-electron chi connectivity index (χ0n) is 6.89. The molecule has 0 aliphatic rings. The van der Waals surface area contributed by atoms with Crippen molar-refractivity contribution in [3.63, 3.8) is 0 Å². The van der Waals surface area contributed by atoms with Crippen molar-refractivity contribution in [3.8, 4) is 0 Å². The molecule has 0 saturated heterocycles. The van der Waals surface area contributed by atoms with E-state index in [2.05, 4.69) is 18.9 Å². The molecule has 0 fully saturated rings. The van der Waals surface area contributed by atoms with Crippen molar-refractivity contribution in [1.82, 2.24) is 5.09 Å². The summed E-state index contributed by atoms with van der Waals surface area (Å²) in [6.07, 6.45) is 0. The van der Waals surface area contributed by atoms with E-state index in [9.17, 15) is 4.57 Å². The summed E-state index contributed by atoms with van der Waals surface area (Å²) in [6.45, 7) is 5.06.